The number of aromatic nitrogens is 2. The first-order chi connectivity index (χ1) is 9.42. The lowest BCUT2D eigenvalue weighted by Gasteiger charge is -2.00. The first-order valence-corrected chi connectivity index (χ1v) is 7.37. The van der Waals surface area contributed by atoms with E-state index in [4.69, 9.17) is 0 Å². The number of hydrogen-bond acceptors (Lipinski definition) is 0. The van der Waals surface area contributed by atoms with Crippen LogP contribution < -0.4 is 9.13 Å². The van der Waals surface area contributed by atoms with E-state index >= 15 is 0 Å². The van der Waals surface area contributed by atoms with Crippen LogP contribution in [0.5, 0.6) is 0 Å². The average molecular weight is 256 g/mol. The van der Waals surface area contributed by atoms with Crippen molar-refractivity contribution in [2.45, 2.75) is 45.6 Å². The van der Waals surface area contributed by atoms with Gasteiger partial charge in [0.1, 0.15) is 0 Å². The molecule has 2 aromatic heterocycles. The van der Waals surface area contributed by atoms with E-state index in [1.54, 1.807) is 0 Å². The van der Waals surface area contributed by atoms with Crippen molar-refractivity contribution in [2.75, 3.05) is 0 Å². The predicted molar refractivity (Wildman–Crippen MR) is 76.9 cm³/mol. The summed E-state index contributed by atoms with van der Waals surface area (Å²) in [4.78, 5) is 0. The van der Waals surface area contributed by atoms with Crippen molar-refractivity contribution in [1.82, 2.24) is 0 Å². The van der Waals surface area contributed by atoms with Gasteiger partial charge in [-0.05, 0) is 12.5 Å². The van der Waals surface area contributed by atoms with Crippen molar-refractivity contribution < 1.29 is 9.13 Å². The van der Waals surface area contributed by atoms with Crippen LogP contribution in [0.1, 0.15) is 39.0 Å². The van der Waals surface area contributed by atoms with Gasteiger partial charge >= 0.3 is 5.82 Å². The van der Waals surface area contributed by atoms with Gasteiger partial charge in [-0.3, -0.25) is 0 Å². The van der Waals surface area contributed by atoms with Gasteiger partial charge in [0.2, 0.25) is 0 Å². The second-order valence-electron chi connectivity index (χ2n) is 4.95. The van der Waals surface area contributed by atoms with E-state index in [0.717, 1.165) is 6.54 Å². The van der Waals surface area contributed by atoms with Gasteiger partial charge in [0.15, 0.2) is 25.1 Å². The van der Waals surface area contributed by atoms with E-state index in [2.05, 4.69) is 71.0 Å². The molecule has 2 heterocycles. The molecule has 0 aliphatic heterocycles. The maximum absolute atomic E-state index is 2.34. The highest BCUT2D eigenvalue weighted by molar-refractivity contribution is 5.03. The number of unbranched alkanes of at least 4 members (excludes halogenated alkanes) is 4. The summed E-state index contributed by atoms with van der Waals surface area (Å²) in [6, 6.07) is 12.6. The van der Waals surface area contributed by atoms with Crippen molar-refractivity contribution in [1.29, 1.82) is 0 Å². The molecule has 2 nitrogen and oxygen atoms in total. The summed E-state index contributed by atoms with van der Waals surface area (Å²) >= 11 is 0. The van der Waals surface area contributed by atoms with Gasteiger partial charge in [0.25, 0.3) is 0 Å². The summed E-state index contributed by atoms with van der Waals surface area (Å²) < 4.78 is 4.51. The minimum absolute atomic E-state index is 1.10. The summed E-state index contributed by atoms with van der Waals surface area (Å²) in [5.41, 5.74) is 0. The molecule has 2 heteroatoms. The van der Waals surface area contributed by atoms with Crippen LogP contribution in [0.15, 0.2) is 55.0 Å². The second-order valence-corrected chi connectivity index (χ2v) is 4.95. The fourth-order valence-electron chi connectivity index (χ4n) is 2.33. The van der Waals surface area contributed by atoms with Gasteiger partial charge in [0, 0.05) is 24.6 Å². The maximum atomic E-state index is 2.34. The average Bonchev–Trinajstić information content (AvgIpc) is 2.48. The summed E-state index contributed by atoms with van der Waals surface area (Å²) in [5, 5.41) is 0. The van der Waals surface area contributed by atoms with E-state index in [9.17, 15) is 0 Å². The van der Waals surface area contributed by atoms with Gasteiger partial charge in [0.05, 0.1) is 6.07 Å². The topological polar surface area (TPSA) is 7.76 Å². The van der Waals surface area contributed by atoms with E-state index in [1.165, 1.54) is 37.9 Å². The van der Waals surface area contributed by atoms with Crippen LogP contribution in [0.3, 0.4) is 0 Å². The third kappa shape index (κ3) is 4.16. The number of pyridine rings is 2. The summed E-state index contributed by atoms with van der Waals surface area (Å²) in [7, 11) is 0. The van der Waals surface area contributed by atoms with Crippen LogP contribution in [0.25, 0.3) is 5.82 Å². The Balaban J connectivity index is 2.01. The molecule has 0 amide bonds. The van der Waals surface area contributed by atoms with Crippen molar-refractivity contribution in [2.24, 2.45) is 0 Å². The minimum atomic E-state index is 1.10. The largest absolute Gasteiger partial charge is 0.449 e. The Bertz CT molecular complexity index is 480. The Labute approximate surface area is 116 Å². The third-order valence-corrected chi connectivity index (χ3v) is 3.40. The molecule has 0 unspecified atom stereocenters. The molecule has 0 spiro atoms. The molecule has 100 valence electrons. The van der Waals surface area contributed by atoms with Crippen LogP contribution in [0.4, 0.5) is 0 Å². The second kappa shape index (κ2) is 7.67. The van der Waals surface area contributed by atoms with Crippen molar-refractivity contribution in [3.8, 4) is 5.82 Å². The highest BCUT2D eigenvalue weighted by atomic mass is 15.1. The molecule has 0 radical (unpaired) electrons. The number of aryl methyl sites for hydroxylation is 1. The van der Waals surface area contributed by atoms with Gasteiger partial charge in [-0.25, -0.2) is 0 Å². The molecule has 2 rings (SSSR count). The molecule has 19 heavy (non-hydrogen) atoms. The fraction of sp³-hybridized carbons (Fsp3) is 0.412. The molecular weight excluding hydrogens is 232 g/mol. The Kier molecular flexibility index (Phi) is 5.54. The van der Waals surface area contributed by atoms with Crippen LogP contribution in [-0.2, 0) is 6.54 Å². The third-order valence-electron chi connectivity index (χ3n) is 3.40. The SMILES string of the molecule is CCCCCCC[n+]1ccccc1-[n+]1ccccc1. The zero-order valence-corrected chi connectivity index (χ0v) is 11.8. The van der Waals surface area contributed by atoms with Crippen molar-refractivity contribution in [3.63, 3.8) is 0 Å². The Morgan fingerprint density at radius 3 is 2.32 bits per heavy atom. The summed E-state index contributed by atoms with van der Waals surface area (Å²) in [5.74, 6) is 1.23. The highest BCUT2D eigenvalue weighted by Crippen LogP contribution is 2.02. The first kappa shape index (κ1) is 13.7. The van der Waals surface area contributed by atoms with Gasteiger partial charge in [-0.15, -0.1) is 9.13 Å². The zero-order chi connectivity index (χ0) is 13.3. The number of hydrogen-bond donors (Lipinski definition) is 0. The molecule has 0 saturated heterocycles. The standard InChI is InChI=1S/C17H24N2/c1-2-3-4-5-8-13-19-16-11-7-12-17(19)18-14-9-6-10-15-18/h6-7,9-12,14-16H,2-5,8,13H2,1H3/q+2. The zero-order valence-electron chi connectivity index (χ0n) is 11.8. The van der Waals surface area contributed by atoms with Crippen molar-refractivity contribution in [3.05, 3.63) is 55.0 Å². The Morgan fingerprint density at radius 1 is 0.789 bits per heavy atom. The molecule has 0 aromatic carbocycles. The molecule has 0 aliphatic rings. The first-order valence-electron chi connectivity index (χ1n) is 7.37. The lowest BCUT2D eigenvalue weighted by molar-refractivity contribution is -0.792. The fourth-order valence-corrected chi connectivity index (χ4v) is 2.33. The Morgan fingerprint density at radius 2 is 1.53 bits per heavy atom. The van der Waals surface area contributed by atoms with Crippen LogP contribution in [0, 0.1) is 0 Å². The number of rotatable bonds is 7. The lowest BCUT2D eigenvalue weighted by atomic mass is 10.1. The quantitative estimate of drug-likeness (QED) is 0.531. The van der Waals surface area contributed by atoms with E-state index in [1.807, 2.05) is 0 Å². The normalized spacial score (nSPS) is 10.6. The highest BCUT2D eigenvalue weighted by Gasteiger charge is 2.17. The molecule has 0 aliphatic carbocycles. The smallest absolute Gasteiger partial charge is 0.143 e. The minimum Gasteiger partial charge on any atom is -0.143 e. The molecule has 0 atom stereocenters. The molecule has 0 saturated carbocycles. The Hall–Kier alpha value is -1.70. The van der Waals surface area contributed by atoms with Gasteiger partial charge in [-0.2, -0.15) is 0 Å². The predicted octanol–water partition coefficient (Wildman–Crippen LogP) is 3.22. The van der Waals surface area contributed by atoms with Crippen LogP contribution in [-0.4, -0.2) is 0 Å². The van der Waals surface area contributed by atoms with Crippen LogP contribution in [0.2, 0.25) is 0 Å². The molecule has 2 aromatic rings. The molecular formula is C17H24N2+2. The van der Waals surface area contributed by atoms with Crippen molar-refractivity contribution >= 4 is 0 Å². The lowest BCUT2D eigenvalue weighted by Crippen LogP contribution is -2.48. The summed E-state index contributed by atoms with van der Waals surface area (Å²) in [6.45, 7) is 3.36. The van der Waals surface area contributed by atoms with E-state index in [0.29, 0.717) is 0 Å². The van der Waals surface area contributed by atoms with E-state index in [-0.39, 0.29) is 0 Å². The van der Waals surface area contributed by atoms with E-state index < -0.39 is 0 Å². The molecule has 0 N–H and O–H groups in total. The molecule has 0 bridgehead atoms. The van der Waals surface area contributed by atoms with Crippen LogP contribution >= 0.6 is 0 Å². The van der Waals surface area contributed by atoms with Gasteiger partial charge < -0.3 is 0 Å². The molecule has 0 fully saturated rings. The number of nitrogens with zero attached hydrogens (tertiary/aromatic N) is 2. The maximum Gasteiger partial charge on any atom is 0.449 e. The monoisotopic (exact) mass is 256 g/mol. The summed E-state index contributed by atoms with van der Waals surface area (Å²) in [6.07, 6.45) is 13.0. The van der Waals surface area contributed by atoms with Gasteiger partial charge in [-0.1, -0.05) is 32.3 Å².